The van der Waals surface area contributed by atoms with Crippen molar-refractivity contribution >= 4 is 18.5 Å². The first-order valence-corrected chi connectivity index (χ1v) is 10.1. The van der Waals surface area contributed by atoms with Gasteiger partial charge in [-0.1, -0.05) is 93.5 Å². The van der Waals surface area contributed by atoms with Gasteiger partial charge in [0.15, 0.2) is 6.71 Å². The number of hydrogen-bond acceptors (Lipinski definition) is 1. The predicted molar refractivity (Wildman–Crippen MR) is 101 cm³/mol. The lowest BCUT2D eigenvalue weighted by Crippen LogP contribution is -2.33. The van der Waals surface area contributed by atoms with E-state index in [1.165, 1.54) is 62.7 Å². The maximum Gasteiger partial charge on any atom is 0.173 e. The van der Waals surface area contributed by atoms with Gasteiger partial charge in [-0.25, -0.2) is 0 Å². The molecule has 3 rings (SSSR count). The van der Waals surface area contributed by atoms with E-state index in [4.69, 9.17) is 0 Å². The predicted octanol–water partition coefficient (Wildman–Crippen LogP) is 7.00. The van der Waals surface area contributed by atoms with E-state index in [0.29, 0.717) is 0 Å². The third-order valence-electron chi connectivity index (χ3n) is 5.54. The van der Waals surface area contributed by atoms with E-state index in [1.54, 1.807) is 4.91 Å². The van der Waals surface area contributed by atoms with Gasteiger partial charge in [0.1, 0.15) is 0 Å². The van der Waals surface area contributed by atoms with Crippen LogP contribution in [0.4, 0.5) is 0 Å². The van der Waals surface area contributed by atoms with Crippen LogP contribution in [0.25, 0.3) is 0 Å². The van der Waals surface area contributed by atoms with Crippen LogP contribution in [0.3, 0.4) is 0 Å². The van der Waals surface area contributed by atoms with Gasteiger partial charge in [-0.15, -0.1) is 5.98 Å². The Kier molecular flexibility index (Phi) is 6.12. The van der Waals surface area contributed by atoms with Crippen LogP contribution in [0, 0.1) is 0 Å². The maximum atomic E-state index is 2.71. The molecule has 0 nitrogen and oxygen atoms in total. The Bertz CT molecular complexity index is 460. The highest BCUT2D eigenvalue weighted by Crippen LogP contribution is 2.48. The van der Waals surface area contributed by atoms with E-state index >= 15 is 0 Å². The molecular weight excluding hydrogens is 283 g/mol. The van der Waals surface area contributed by atoms with Gasteiger partial charge in [-0.2, -0.15) is 0 Å². The van der Waals surface area contributed by atoms with Crippen LogP contribution >= 0.6 is 11.8 Å². The molecule has 0 N–H and O–H groups in total. The number of fused-ring (bicyclic) bond motifs is 2. The van der Waals surface area contributed by atoms with Crippen LogP contribution in [-0.4, -0.2) is 6.71 Å². The molecule has 1 aromatic rings. The average Bonchev–Trinajstić information content (AvgIpc) is 2.53. The first kappa shape index (κ1) is 16.2. The van der Waals surface area contributed by atoms with Crippen LogP contribution in [0.15, 0.2) is 46.1 Å². The number of unbranched alkanes of at least 4 members (excludes halogenated alkanes) is 1. The zero-order valence-corrected chi connectivity index (χ0v) is 14.8. The van der Waals surface area contributed by atoms with Crippen molar-refractivity contribution in [1.29, 1.82) is 0 Å². The Balaban J connectivity index is 1.75. The van der Waals surface area contributed by atoms with Crippen LogP contribution < -0.4 is 0 Å². The average molecular weight is 312 g/mol. The van der Waals surface area contributed by atoms with Gasteiger partial charge >= 0.3 is 0 Å². The third kappa shape index (κ3) is 4.22. The zero-order chi connectivity index (χ0) is 15.2. The topological polar surface area (TPSA) is 0 Å². The molecule has 2 heterocycles. The van der Waals surface area contributed by atoms with Crippen molar-refractivity contribution in [3.8, 4) is 0 Å². The highest BCUT2D eigenvalue weighted by molar-refractivity contribution is 8.03. The molecule has 0 saturated carbocycles. The standard InChI is InChI=1S/C20H29BS/c1-2-3-13-20(22-19-14-5-4-6-15-19)16-21-17-9-7-10-18(21)12-8-11-17/h4-6,14-18H,2-3,7-13H2,1H3/b20-16-. The number of allylic oxidation sites excluding steroid dienone is 1. The van der Waals surface area contributed by atoms with Crippen molar-refractivity contribution in [2.24, 2.45) is 0 Å². The van der Waals surface area contributed by atoms with E-state index in [-0.39, 0.29) is 0 Å². The molecular formula is C20H29BS. The summed E-state index contributed by atoms with van der Waals surface area (Å²) in [6.07, 6.45) is 12.8. The fraction of sp³-hybridized carbons (Fsp3) is 0.600. The molecule has 2 aliphatic rings. The molecule has 0 aromatic heterocycles. The summed E-state index contributed by atoms with van der Waals surface area (Å²) in [6.45, 7) is 3.19. The Morgan fingerprint density at radius 3 is 2.32 bits per heavy atom. The van der Waals surface area contributed by atoms with E-state index in [9.17, 15) is 0 Å². The summed E-state index contributed by atoms with van der Waals surface area (Å²) in [5.41, 5.74) is 0. The van der Waals surface area contributed by atoms with Gasteiger partial charge in [-0.3, -0.25) is 0 Å². The number of benzene rings is 1. The van der Waals surface area contributed by atoms with E-state index in [1.807, 2.05) is 11.8 Å². The SMILES string of the molecule is CCCC/C(=C/B1C2CCCC1CCC2)Sc1ccccc1. The molecule has 0 atom stereocenters. The van der Waals surface area contributed by atoms with Crippen molar-refractivity contribution in [2.75, 3.05) is 0 Å². The fourth-order valence-electron chi connectivity index (χ4n) is 4.37. The molecule has 118 valence electrons. The van der Waals surface area contributed by atoms with Gasteiger partial charge in [0.25, 0.3) is 0 Å². The minimum Gasteiger partial charge on any atom is -0.105 e. The number of hydrogen-bond donors (Lipinski definition) is 0. The molecule has 22 heavy (non-hydrogen) atoms. The summed E-state index contributed by atoms with van der Waals surface area (Å²) in [6, 6.07) is 11.0. The van der Waals surface area contributed by atoms with Gasteiger partial charge in [0.05, 0.1) is 0 Å². The van der Waals surface area contributed by atoms with Gasteiger partial charge in [0.2, 0.25) is 0 Å². The molecule has 0 unspecified atom stereocenters. The largest absolute Gasteiger partial charge is 0.173 e. The Hall–Kier alpha value is -0.625. The first-order valence-electron chi connectivity index (χ1n) is 9.30. The fourth-order valence-corrected chi connectivity index (χ4v) is 5.44. The molecule has 2 aliphatic heterocycles. The molecule has 2 saturated heterocycles. The van der Waals surface area contributed by atoms with Crippen molar-refractivity contribution < 1.29 is 0 Å². The number of rotatable bonds is 6. The normalized spacial score (nSPS) is 25.3. The van der Waals surface area contributed by atoms with E-state index in [2.05, 4.69) is 43.2 Å². The molecule has 0 radical (unpaired) electrons. The summed E-state index contributed by atoms with van der Waals surface area (Å²) >= 11 is 2.02. The first-order chi connectivity index (χ1) is 10.9. The van der Waals surface area contributed by atoms with Gasteiger partial charge in [-0.05, 0) is 29.9 Å². The monoisotopic (exact) mass is 312 g/mol. The summed E-state index contributed by atoms with van der Waals surface area (Å²) in [4.78, 5) is 3.04. The lowest BCUT2D eigenvalue weighted by Gasteiger charge is -2.39. The van der Waals surface area contributed by atoms with Crippen LogP contribution in [0.1, 0.15) is 64.7 Å². The van der Waals surface area contributed by atoms with E-state index in [0.717, 1.165) is 18.3 Å². The molecule has 0 amide bonds. The van der Waals surface area contributed by atoms with Crippen LogP contribution in [0.2, 0.25) is 11.6 Å². The second-order valence-electron chi connectivity index (χ2n) is 7.11. The van der Waals surface area contributed by atoms with Crippen molar-refractivity contribution in [3.63, 3.8) is 0 Å². The summed E-state index contributed by atoms with van der Waals surface area (Å²) in [5.74, 6) is 4.68. The minimum absolute atomic E-state index is 0.880. The molecule has 0 aliphatic carbocycles. The van der Waals surface area contributed by atoms with Gasteiger partial charge < -0.3 is 0 Å². The van der Waals surface area contributed by atoms with Crippen molar-refractivity contribution in [3.05, 3.63) is 41.2 Å². The Morgan fingerprint density at radius 1 is 1.09 bits per heavy atom. The molecule has 2 bridgehead atoms. The van der Waals surface area contributed by atoms with Crippen LogP contribution in [-0.2, 0) is 0 Å². The lowest BCUT2D eigenvalue weighted by molar-refractivity contribution is 0.447. The summed E-state index contributed by atoms with van der Waals surface area (Å²) < 4.78 is 0. The smallest absolute Gasteiger partial charge is 0.105 e. The van der Waals surface area contributed by atoms with E-state index < -0.39 is 0 Å². The zero-order valence-electron chi connectivity index (χ0n) is 14.0. The molecule has 0 spiro atoms. The maximum absolute atomic E-state index is 2.71. The Morgan fingerprint density at radius 2 is 1.73 bits per heavy atom. The minimum atomic E-state index is 0.880. The second-order valence-corrected chi connectivity index (χ2v) is 8.31. The lowest BCUT2D eigenvalue weighted by atomic mass is 9.27. The Labute approximate surface area is 141 Å². The molecule has 2 heteroatoms. The second kappa shape index (κ2) is 8.29. The summed E-state index contributed by atoms with van der Waals surface area (Å²) in [5, 5.41) is 0. The van der Waals surface area contributed by atoms with Crippen LogP contribution in [0.5, 0.6) is 0 Å². The highest BCUT2D eigenvalue weighted by Gasteiger charge is 2.37. The summed E-state index contributed by atoms with van der Waals surface area (Å²) in [7, 11) is 0. The van der Waals surface area contributed by atoms with Crippen molar-refractivity contribution in [1.82, 2.24) is 0 Å². The number of thioether (sulfide) groups is 1. The highest BCUT2D eigenvalue weighted by atomic mass is 32.2. The molecule has 2 fully saturated rings. The van der Waals surface area contributed by atoms with Gasteiger partial charge in [0, 0.05) is 4.90 Å². The van der Waals surface area contributed by atoms with Crippen molar-refractivity contribution in [2.45, 2.75) is 81.2 Å². The quantitative estimate of drug-likeness (QED) is 0.402. The molecule has 1 aromatic carbocycles. The third-order valence-corrected chi connectivity index (χ3v) is 6.65.